The summed E-state index contributed by atoms with van der Waals surface area (Å²) >= 11 is 9.53. The maximum absolute atomic E-state index is 6.14. The van der Waals surface area contributed by atoms with Gasteiger partial charge in [0.25, 0.3) is 0 Å². The van der Waals surface area contributed by atoms with Crippen LogP contribution >= 0.6 is 27.5 Å². The largest absolute Gasteiger partial charge is 0.373 e. The molecule has 1 aromatic heterocycles. The lowest BCUT2D eigenvalue weighted by molar-refractivity contribution is 0.924. The van der Waals surface area contributed by atoms with Gasteiger partial charge in [-0.3, -0.25) is 0 Å². The SMILES string of the molecule is CNc1nc(C2CC2)nc(Nc2ccc(Br)c(Cl)c2)c1C. The van der Waals surface area contributed by atoms with Gasteiger partial charge < -0.3 is 10.6 Å². The first kappa shape index (κ1) is 14.6. The molecule has 1 aromatic carbocycles. The van der Waals surface area contributed by atoms with Crippen molar-refractivity contribution in [1.29, 1.82) is 0 Å². The molecular formula is C15H16BrClN4. The Morgan fingerprint density at radius 2 is 1.95 bits per heavy atom. The molecule has 0 amide bonds. The summed E-state index contributed by atoms with van der Waals surface area (Å²) in [5.74, 6) is 3.12. The highest BCUT2D eigenvalue weighted by molar-refractivity contribution is 9.10. The van der Waals surface area contributed by atoms with Crippen LogP contribution in [-0.4, -0.2) is 17.0 Å². The Labute approximate surface area is 137 Å². The fraction of sp³-hybridized carbons (Fsp3) is 0.333. The Bertz CT molecular complexity index is 686. The molecule has 1 saturated carbocycles. The Morgan fingerprint density at radius 1 is 1.24 bits per heavy atom. The van der Waals surface area contributed by atoms with Gasteiger partial charge in [-0.1, -0.05) is 11.6 Å². The van der Waals surface area contributed by atoms with Gasteiger partial charge in [0.05, 0.1) is 5.02 Å². The van der Waals surface area contributed by atoms with Crippen molar-refractivity contribution in [3.63, 3.8) is 0 Å². The Balaban J connectivity index is 1.96. The van der Waals surface area contributed by atoms with Crippen LogP contribution in [0.2, 0.25) is 5.02 Å². The van der Waals surface area contributed by atoms with Crippen molar-refractivity contribution >= 4 is 44.9 Å². The maximum Gasteiger partial charge on any atom is 0.139 e. The van der Waals surface area contributed by atoms with Gasteiger partial charge in [-0.05, 0) is 53.9 Å². The van der Waals surface area contributed by atoms with Crippen LogP contribution < -0.4 is 10.6 Å². The minimum Gasteiger partial charge on any atom is -0.373 e. The number of nitrogens with zero attached hydrogens (tertiary/aromatic N) is 2. The van der Waals surface area contributed by atoms with E-state index in [0.717, 1.165) is 33.2 Å². The quantitative estimate of drug-likeness (QED) is 0.810. The summed E-state index contributed by atoms with van der Waals surface area (Å²) in [5, 5.41) is 7.15. The van der Waals surface area contributed by atoms with E-state index in [2.05, 4.69) is 36.5 Å². The van der Waals surface area contributed by atoms with E-state index in [9.17, 15) is 0 Å². The summed E-state index contributed by atoms with van der Waals surface area (Å²) < 4.78 is 0.878. The average Bonchev–Trinajstić information content (AvgIpc) is 3.29. The molecule has 1 aliphatic rings. The van der Waals surface area contributed by atoms with Crippen molar-refractivity contribution < 1.29 is 0 Å². The van der Waals surface area contributed by atoms with Crippen LogP contribution in [-0.2, 0) is 0 Å². The molecule has 21 heavy (non-hydrogen) atoms. The molecule has 0 bridgehead atoms. The molecule has 1 fully saturated rings. The van der Waals surface area contributed by atoms with Gasteiger partial charge in [-0.15, -0.1) is 0 Å². The van der Waals surface area contributed by atoms with E-state index in [0.29, 0.717) is 10.9 Å². The van der Waals surface area contributed by atoms with Crippen LogP contribution in [0.25, 0.3) is 0 Å². The van der Waals surface area contributed by atoms with Crippen LogP contribution in [0.3, 0.4) is 0 Å². The summed E-state index contributed by atoms with van der Waals surface area (Å²) in [4.78, 5) is 9.26. The number of anilines is 3. The second-order valence-electron chi connectivity index (χ2n) is 5.18. The molecule has 2 N–H and O–H groups in total. The number of aromatic nitrogens is 2. The third-order valence-electron chi connectivity index (χ3n) is 3.52. The summed E-state index contributed by atoms with van der Waals surface area (Å²) in [6.45, 7) is 2.01. The van der Waals surface area contributed by atoms with Gasteiger partial charge >= 0.3 is 0 Å². The first-order chi connectivity index (χ1) is 10.1. The zero-order chi connectivity index (χ0) is 15.0. The molecule has 1 aliphatic carbocycles. The second-order valence-corrected chi connectivity index (χ2v) is 6.44. The molecule has 0 saturated heterocycles. The third kappa shape index (κ3) is 3.14. The first-order valence-corrected chi connectivity index (χ1v) is 8.04. The zero-order valence-corrected chi connectivity index (χ0v) is 14.2. The first-order valence-electron chi connectivity index (χ1n) is 6.87. The molecular weight excluding hydrogens is 352 g/mol. The summed E-state index contributed by atoms with van der Waals surface area (Å²) in [7, 11) is 1.88. The topological polar surface area (TPSA) is 49.8 Å². The summed E-state index contributed by atoms with van der Waals surface area (Å²) in [5.41, 5.74) is 1.91. The molecule has 6 heteroatoms. The smallest absolute Gasteiger partial charge is 0.139 e. The van der Waals surface area contributed by atoms with Gasteiger partial charge in [0.1, 0.15) is 17.5 Å². The minimum absolute atomic E-state index is 0.506. The highest BCUT2D eigenvalue weighted by Crippen LogP contribution is 2.40. The average molecular weight is 368 g/mol. The summed E-state index contributed by atoms with van der Waals surface area (Å²) in [6, 6.07) is 5.76. The van der Waals surface area contributed by atoms with Crippen molar-refractivity contribution in [2.24, 2.45) is 0 Å². The molecule has 0 aliphatic heterocycles. The van der Waals surface area contributed by atoms with Crippen LogP contribution in [0.1, 0.15) is 30.1 Å². The Hall–Kier alpha value is -1.33. The molecule has 0 spiro atoms. The van der Waals surface area contributed by atoms with Gasteiger partial charge in [0.15, 0.2) is 0 Å². The van der Waals surface area contributed by atoms with Crippen molar-refractivity contribution in [3.8, 4) is 0 Å². The van der Waals surface area contributed by atoms with Gasteiger partial charge in [0.2, 0.25) is 0 Å². The fourth-order valence-electron chi connectivity index (χ4n) is 2.13. The molecule has 4 nitrogen and oxygen atoms in total. The molecule has 0 atom stereocenters. The van der Waals surface area contributed by atoms with Gasteiger partial charge in [-0.2, -0.15) is 0 Å². The van der Waals surface area contributed by atoms with E-state index in [1.807, 2.05) is 32.2 Å². The molecule has 2 aromatic rings. The van der Waals surface area contributed by atoms with Crippen LogP contribution in [0.4, 0.5) is 17.3 Å². The lowest BCUT2D eigenvalue weighted by Gasteiger charge is -2.14. The monoisotopic (exact) mass is 366 g/mol. The number of nitrogens with one attached hydrogen (secondary N) is 2. The van der Waals surface area contributed by atoms with Crippen LogP contribution in [0.15, 0.2) is 22.7 Å². The van der Waals surface area contributed by atoms with Crippen LogP contribution in [0.5, 0.6) is 0 Å². The van der Waals surface area contributed by atoms with E-state index in [1.54, 1.807) is 0 Å². The Kier molecular flexibility index (Phi) is 4.04. The number of rotatable bonds is 4. The lowest BCUT2D eigenvalue weighted by Crippen LogP contribution is -2.06. The highest BCUT2D eigenvalue weighted by atomic mass is 79.9. The molecule has 1 heterocycles. The standard InChI is InChI=1S/C15H16BrClN4/c1-8-13(18-2)20-15(9-3-4-9)21-14(8)19-10-5-6-11(16)12(17)7-10/h5-7,9H,3-4H2,1-2H3,(H2,18,19,20,21). The van der Waals surface area contributed by atoms with E-state index < -0.39 is 0 Å². The zero-order valence-electron chi connectivity index (χ0n) is 11.9. The number of hydrogen-bond acceptors (Lipinski definition) is 4. The van der Waals surface area contributed by atoms with E-state index in [1.165, 1.54) is 12.8 Å². The van der Waals surface area contributed by atoms with Crippen LogP contribution in [0, 0.1) is 6.92 Å². The lowest BCUT2D eigenvalue weighted by atomic mass is 10.2. The van der Waals surface area contributed by atoms with Crippen molar-refractivity contribution in [3.05, 3.63) is 39.1 Å². The highest BCUT2D eigenvalue weighted by Gasteiger charge is 2.28. The predicted molar refractivity (Wildman–Crippen MR) is 90.7 cm³/mol. The van der Waals surface area contributed by atoms with Gasteiger partial charge in [-0.25, -0.2) is 9.97 Å². The molecule has 0 unspecified atom stereocenters. The second kappa shape index (κ2) is 5.81. The number of hydrogen-bond donors (Lipinski definition) is 2. The van der Waals surface area contributed by atoms with Crippen molar-refractivity contribution in [2.45, 2.75) is 25.7 Å². The minimum atomic E-state index is 0.506. The predicted octanol–water partition coefficient (Wildman–Crippen LogP) is 4.86. The number of benzene rings is 1. The van der Waals surface area contributed by atoms with Crippen molar-refractivity contribution in [2.75, 3.05) is 17.7 Å². The van der Waals surface area contributed by atoms with E-state index in [-0.39, 0.29) is 0 Å². The van der Waals surface area contributed by atoms with Gasteiger partial charge in [0, 0.05) is 28.7 Å². The molecule has 3 rings (SSSR count). The normalized spacial score (nSPS) is 14.1. The van der Waals surface area contributed by atoms with Crippen molar-refractivity contribution in [1.82, 2.24) is 9.97 Å². The maximum atomic E-state index is 6.14. The van der Waals surface area contributed by atoms with E-state index >= 15 is 0 Å². The molecule has 110 valence electrons. The summed E-state index contributed by atoms with van der Waals surface area (Å²) in [6.07, 6.45) is 2.35. The third-order valence-corrected chi connectivity index (χ3v) is 4.76. The molecule has 0 radical (unpaired) electrons. The Morgan fingerprint density at radius 3 is 2.57 bits per heavy atom. The number of halogens is 2. The van der Waals surface area contributed by atoms with E-state index in [4.69, 9.17) is 11.6 Å². The fourth-order valence-corrected chi connectivity index (χ4v) is 2.56.